The van der Waals surface area contributed by atoms with Gasteiger partial charge in [-0.25, -0.2) is 0 Å². The fraction of sp³-hybridized carbons (Fsp3) is 0.571. The second-order valence-electron chi connectivity index (χ2n) is 4.58. The molecule has 2 N–H and O–H groups in total. The zero-order chi connectivity index (χ0) is 12.0. The van der Waals surface area contributed by atoms with Crippen LogP contribution in [0.5, 0.6) is 5.75 Å². The Hall–Kier alpha value is -1.02. The first-order chi connectivity index (χ1) is 7.65. The van der Waals surface area contributed by atoms with Gasteiger partial charge in [0, 0.05) is 6.61 Å². The molecular weight excluding hydrogens is 200 g/mol. The van der Waals surface area contributed by atoms with E-state index in [1.807, 2.05) is 6.07 Å². The van der Waals surface area contributed by atoms with Crippen LogP contribution < -0.4 is 0 Å². The molecule has 0 saturated heterocycles. The summed E-state index contributed by atoms with van der Waals surface area (Å²) in [5.74, 6) is 0.756. The lowest BCUT2D eigenvalue weighted by molar-refractivity contribution is 0.283. The van der Waals surface area contributed by atoms with E-state index in [4.69, 9.17) is 5.11 Å². The van der Waals surface area contributed by atoms with Gasteiger partial charge in [-0.2, -0.15) is 0 Å². The molecule has 0 aliphatic carbocycles. The summed E-state index contributed by atoms with van der Waals surface area (Å²) in [6.45, 7) is 4.46. The molecule has 0 atom stereocenters. The number of aliphatic hydroxyl groups is 1. The molecule has 0 fully saturated rings. The van der Waals surface area contributed by atoms with Crippen LogP contribution in [0.15, 0.2) is 18.2 Å². The Balaban J connectivity index is 2.57. The fourth-order valence-electron chi connectivity index (χ4n) is 1.84. The lowest BCUT2D eigenvalue weighted by Gasteiger charge is -2.10. The Morgan fingerprint density at radius 2 is 1.88 bits per heavy atom. The van der Waals surface area contributed by atoms with E-state index in [1.54, 1.807) is 6.07 Å². The third-order valence-corrected chi connectivity index (χ3v) is 2.84. The molecular formula is C14H22O2. The molecule has 16 heavy (non-hydrogen) atoms. The number of aromatic hydroxyl groups is 1. The van der Waals surface area contributed by atoms with E-state index < -0.39 is 0 Å². The van der Waals surface area contributed by atoms with Gasteiger partial charge >= 0.3 is 0 Å². The van der Waals surface area contributed by atoms with Crippen LogP contribution in [0.1, 0.15) is 50.2 Å². The third kappa shape index (κ3) is 3.86. The van der Waals surface area contributed by atoms with Gasteiger partial charge in [-0.05, 0) is 42.4 Å². The van der Waals surface area contributed by atoms with Crippen LogP contribution in [0.4, 0.5) is 0 Å². The van der Waals surface area contributed by atoms with Crippen LogP contribution in [0.25, 0.3) is 0 Å². The summed E-state index contributed by atoms with van der Waals surface area (Å²) >= 11 is 0. The van der Waals surface area contributed by atoms with Gasteiger partial charge in [0.05, 0.1) is 0 Å². The van der Waals surface area contributed by atoms with Gasteiger partial charge in [0.15, 0.2) is 0 Å². The van der Waals surface area contributed by atoms with Crippen molar-refractivity contribution in [1.29, 1.82) is 0 Å². The Kier molecular flexibility index (Phi) is 5.33. The lowest BCUT2D eigenvalue weighted by atomic mass is 9.97. The summed E-state index contributed by atoms with van der Waals surface area (Å²) in [6.07, 6.45) is 4.08. The molecule has 0 bridgehead atoms. The number of benzene rings is 1. The topological polar surface area (TPSA) is 40.5 Å². The number of phenolic OH excluding ortho intramolecular Hbond substituents is 1. The SMILES string of the molecule is CC(C)c1cc(CCCCCO)ccc1O. The van der Waals surface area contributed by atoms with Crippen molar-refractivity contribution in [3.63, 3.8) is 0 Å². The van der Waals surface area contributed by atoms with E-state index in [9.17, 15) is 5.11 Å². The van der Waals surface area contributed by atoms with Gasteiger partial charge in [0.1, 0.15) is 5.75 Å². The number of phenols is 1. The average Bonchev–Trinajstić information content (AvgIpc) is 2.26. The molecule has 0 aliphatic heterocycles. The zero-order valence-electron chi connectivity index (χ0n) is 10.2. The Morgan fingerprint density at radius 3 is 2.50 bits per heavy atom. The van der Waals surface area contributed by atoms with Crippen molar-refractivity contribution in [2.75, 3.05) is 6.61 Å². The molecule has 1 rings (SSSR count). The summed E-state index contributed by atoms with van der Waals surface area (Å²) < 4.78 is 0. The van der Waals surface area contributed by atoms with Gasteiger partial charge in [0.25, 0.3) is 0 Å². The number of aryl methyl sites for hydroxylation is 1. The number of rotatable bonds is 6. The average molecular weight is 222 g/mol. The summed E-state index contributed by atoms with van der Waals surface area (Å²) in [5, 5.41) is 18.4. The van der Waals surface area contributed by atoms with Crippen molar-refractivity contribution in [3.05, 3.63) is 29.3 Å². The highest BCUT2D eigenvalue weighted by molar-refractivity contribution is 5.38. The maximum absolute atomic E-state index is 9.68. The maximum Gasteiger partial charge on any atom is 0.119 e. The Morgan fingerprint density at radius 1 is 1.12 bits per heavy atom. The minimum Gasteiger partial charge on any atom is -0.508 e. The molecule has 0 spiro atoms. The smallest absolute Gasteiger partial charge is 0.119 e. The first-order valence-corrected chi connectivity index (χ1v) is 6.07. The largest absolute Gasteiger partial charge is 0.508 e. The van der Waals surface area contributed by atoms with Crippen molar-refractivity contribution in [2.24, 2.45) is 0 Å². The molecule has 0 amide bonds. The molecule has 2 heteroatoms. The number of hydrogen-bond donors (Lipinski definition) is 2. The minimum absolute atomic E-state index is 0.285. The van der Waals surface area contributed by atoms with E-state index in [1.165, 1.54) is 5.56 Å². The second kappa shape index (κ2) is 6.54. The van der Waals surface area contributed by atoms with Crippen molar-refractivity contribution >= 4 is 0 Å². The highest BCUT2D eigenvalue weighted by Crippen LogP contribution is 2.26. The van der Waals surface area contributed by atoms with Crippen LogP contribution in [0, 0.1) is 0 Å². The predicted octanol–water partition coefficient (Wildman–Crippen LogP) is 3.22. The van der Waals surface area contributed by atoms with Gasteiger partial charge in [-0.3, -0.25) is 0 Å². The third-order valence-electron chi connectivity index (χ3n) is 2.84. The Labute approximate surface area is 97.9 Å². The molecule has 0 saturated carbocycles. The molecule has 1 aromatic carbocycles. The van der Waals surface area contributed by atoms with Crippen molar-refractivity contribution in [2.45, 2.75) is 45.4 Å². The van der Waals surface area contributed by atoms with E-state index >= 15 is 0 Å². The molecule has 0 aliphatic rings. The molecule has 90 valence electrons. The highest BCUT2D eigenvalue weighted by Gasteiger charge is 2.06. The van der Waals surface area contributed by atoms with Gasteiger partial charge in [-0.1, -0.05) is 32.4 Å². The minimum atomic E-state index is 0.285. The first kappa shape index (κ1) is 13.0. The quantitative estimate of drug-likeness (QED) is 0.725. The molecule has 0 aromatic heterocycles. The fourth-order valence-corrected chi connectivity index (χ4v) is 1.84. The molecule has 0 unspecified atom stereocenters. The van der Waals surface area contributed by atoms with Crippen LogP contribution >= 0.6 is 0 Å². The van der Waals surface area contributed by atoms with Crippen molar-refractivity contribution in [1.82, 2.24) is 0 Å². The number of hydrogen-bond acceptors (Lipinski definition) is 2. The second-order valence-corrected chi connectivity index (χ2v) is 4.58. The zero-order valence-corrected chi connectivity index (χ0v) is 10.2. The molecule has 0 radical (unpaired) electrons. The van der Waals surface area contributed by atoms with Gasteiger partial charge < -0.3 is 10.2 Å². The molecule has 1 aromatic rings. The van der Waals surface area contributed by atoms with Crippen LogP contribution in [-0.2, 0) is 6.42 Å². The summed E-state index contributed by atoms with van der Waals surface area (Å²) in [4.78, 5) is 0. The Bertz CT molecular complexity index is 319. The monoisotopic (exact) mass is 222 g/mol. The van der Waals surface area contributed by atoms with E-state index in [-0.39, 0.29) is 6.61 Å². The standard InChI is InChI=1S/C14H22O2/c1-11(2)13-10-12(7-8-14(13)16)6-4-3-5-9-15/h7-8,10-11,15-16H,3-6,9H2,1-2H3. The molecule has 0 heterocycles. The molecule has 2 nitrogen and oxygen atoms in total. The first-order valence-electron chi connectivity index (χ1n) is 6.07. The van der Waals surface area contributed by atoms with Crippen LogP contribution in [0.3, 0.4) is 0 Å². The van der Waals surface area contributed by atoms with E-state index in [2.05, 4.69) is 19.9 Å². The number of unbranched alkanes of at least 4 members (excludes halogenated alkanes) is 2. The van der Waals surface area contributed by atoms with Gasteiger partial charge in [-0.15, -0.1) is 0 Å². The van der Waals surface area contributed by atoms with Crippen molar-refractivity contribution < 1.29 is 10.2 Å². The maximum atomic E-state index is 9.68. The van der Waals surface area contributed by atoms with Crippen molar-refractivity contribution in [3.8, 4) is 5.75 Å². The lowest BCUT2D eigenvalue weighted by Crippen LogP contribution is -1.93. The van der Waals surface area contributed by atoms with Crippen LogP contribution in [0.2, 0.25) is 0 Å². The predicted molar refractivity (Wildman–Crippen MR) is 66.8 cm³/mol. The summed E-state index contributed by atoms with van der Waals surface area (Å²) in [7, 11) is 0. The van der Waals surface area contributed by atoms with Crippen LogP contribution in [-0.4, -0.2) is 16.8 Å². The van der Waals surface area contributed by atoms with Gasteiger partial charge in [0.2, 0.25) is 0 Å². The highest BCUT2D eigenvalue weighted by atomic mass is 16.3. The normalized spacial score (nSPS) is 11.0. The van der Waals surface area contributed by atoms with E-state index in [0.717, 1.165) is 31.2 Å². The summed E-state index contributed by atoms with van der Waals surface area (Å²) in [6, 6.07) is 5.87. The van der Waals surface area contributed by atoms with E-state index in [0.29, 0.717) is 11.7 Å². The number of aliphatic hydroxyl groups excluding tert-OH is 1. The summed E-state index contributed by atoms with van der Waals surface area (Å²) in [5.41, 5.74) is 2.30.